The van der Waals surface area contributed by atoms with Gasteiger partial charge in [-0.25, -0.2) is 9.59 Å². The molecule has 0 heterocycles. The van der Waals surface area contributed by atoms with Crippen LogP contribution in [0.15, 0.2) is 30.3 Å². The topological polar surface area (TPSA) is 95.5 Å². The number of rotatable bonds is 7. The largest absolute Gasteiger partial charge is 0.479 e. The molecule has 0 saturated carbocycles. The molecule has 2 atom stereocenters. The summed E-state index contributed by atoms with van der Waals surface area (Å²) in [5.74, 6) is -0.645. The van der Waals surface area contributed by atoms with E-state index in [1.165, 1.54) is 6.92 Å². The van der Waals surface area contributed by atoms with E-state index in [-0.39, 0.29) is 0 Å². The second kappa shape index (κ2) is 7.78. The van der Waals surface area contributed by atoms with Crippen molar-refractivity contribution in [3.05, 3.63) is 35.9 Å². The van der Waals surface area contributed by atoms with Gasteiger partial charge < -0.3 is 15.7 Å². The molecule has 0 aliphatic carbocycles. The zero-order valence-electron chi connectivity index (χ0n) is 12.1. The van der Waals surface area contributed by atoms with Crippen LogP contribution < -0.4 is 10.6 Å². The van der Waals surface area contributed by atoms with E-state index in [1.54, 1.807) is 36.6 Å². The molecule has 116 valence electrons. The quantitative estimate of drug-likeness (QED) is 0.656. The Kier molecular flexibility index (Phi) is 6.36. The van der Waals surface area contributed by atoms with Crippen molar-refractivity contribution in [3.63, 3.8) is 0 Å². The van der Waals surface area contributed by atoms with E-state index in [9.17, 15) is 18.9 Å². The summed E-state index contributed by atoms with van der Waals surface area (Å²) in [6, 6.07) is 7.94. The Morgan fingerprint density at radius 2 is 1.90 bits per heavy atom. The highest BCUT2D eigenvalue weighted by molar-refractivity contribution is 7.84. The Morgan fingerprint density at radius 1 is 1.29 bits per heavy atom. The van der Waals surface area contributed by atoms with Crippen LogP contribution in [0, 0.1) is 0 Å². The van der Waals surface area contributed by atoms with E-state index in [4.69, 9.17) is 0 Å². The minimum atomic E-state index is -1.50. The molecule has 0 fully saturated rings. The fraction of sp³-hybridized carbons (Fsp3) is 0.429. The molecule has 0 aliphatic rings. The maximum atomic E-state index is 11.8. The van der Waals surface area contributed by atoms with Crippen molar-refractivity contribution in [1.82, 2.24) is 10.6 Å². The smallest absolute Gasteiger partial charge is 0.333 e. The van der Waals surface area contributed by atoms with Gasteiger partial charge in [0.15, 0.2) is 5.54 Å². The molecule has 0 bridgehead atoms. The van der Waals surface area contributed by atoms with Gasteiger partial charge in [0, 0.05) is 29.4 Å². The molecule has 2 unspecified atom stereocenters. The second-order valence-electron chi connectivity index (χ2n) is 4.81. The molecule has 1 aromatic carbocycles. The molecular formula is C14H20N2O4S. The summed E-state index contributed by atoms with van der Waals surface area (Å²) in [6.07, 6.45) is 2.17. The van der Waals surface area contributed by atoms with Gasteiger partial charge in [0.2, 0.25) is 0 Å². The predicted octanol–water partition coefficient (Wildman–Crippen LogP) is 1.05. The van der Waals surface area contributed by atoms with Crippen molar-refractivity contribution >= 4 is 22.8 Å². The molecule has 0 spiro atoms. The lowest BCUT2D eigenvalue weighted by atomic mass is 9.92. The molecule has 0 aromatic heterocycles. The van der Waals surface area contributed by atoms with Crippen LogP contribution in [0.3, 0.4) is 0 Å². The highest BCUT2D eigenvalue weighted by atomic mass is 32.2. The Bertz CT molecular complexity index is 521. The summed E-state index contributed by atoms with van der Waals surface area (Å²) in [6.45, 7) is 1.78. The molecule has 2 amide bonds. The van der Waals surface area contributed by atoms with E-state index in [0.29, 0.717) is 24.3 Å². The van der Waals surface area contributed by atoms with Crippen LogP contribution in [0.2, 0.25) is 0 Å². The molecule has 1 rings (SSSR count). The summed E-state index contributed by atoms with van der Waals surface area (Å²) in [5, 5.41) is 14.4. The van der Waals surface area contributed by atoms with Crippen LogP contribution in [-0.4, -0.2) is 39.9 Å². The number of carboxylic acid groups (broad SMARTS) is 1. The molecule has 0 radical (unpaired) electrons. The molecule has 7 heteroatoms. The Labute approximate surface area is 126 Å². The van der Waals surface area contributed by atoms with Gasteiger partial charge in [-0.1, -0.05) is 30.3 Å². The van der Waals surface area contributed by atoms with Crippen molar-refractivity contribution in [2.24, 2.45) is 0 Å². The first kappa shape index (κ1) is 17.2. The molecule has 0 aliphatic heterocycles. The number of carbonyl (C=O) groups is 2. The summed E-state index contributed by atoms with van der Waals surface area (Å²) in [7, 11) is -0.902. The number of carboxylic acids is 1. The molecule has 21 heavy (non-hydrogen) atoms. The number of benzene rings is 1. The van der Waals surface area contributed by atoms with Crippen molar-refractivity contribution in [2.45, 2.75) is 18.9 Å². The fourth-order valence-electron chi connectivity index (χ4n) is 1.77. The van der Waals surface area contributed by atoms with Gasteiger partial charge in [0.1, 0.15) is 0 Å². The van der Waals surface area contributed by atoms with E-state index >= 15 is 0 Å². The van der Waals surface area contributed by atoms with Gasteiger partial charge in [-0.05, 0) is 18.9 Å². The number of hydrogen-bond acceptors (Lipinski definition) is 3. The van der Waals surface area contributed by atoms with Gasteiger partial charge >= 0.3 is 12.0 Å². The Morgan fingerprint density at radius 3 is 2.43 bits per heavy atom. The van der Waals surface area contributed by atoms with Gasteiger partial charge in [-0.2, -0.15) is 0 Å². The zero-order chi connectivity index (χ0) is 15.9. The average molecular weight is 312 g/mol. The van der Waals surface area contributed by atoms with Crippen LogP contribution in [0.25, 0.3) is 0 Å². The fourth-order valence-corrected chi connectivity index (χ4v) is 2.32. The van der Waals surface area contributed by atoms with Crippen LogP contribution in [-0.2, 0) is 21.1 Å². The molecule has 0 saturated heterocycles. The van der Waals surface area contributed by atoms with Crippen LogP contribution in [0.1, 0.15) is 18.9 Å². The number of carbonyl (C=O) groups excluding carboxylic acids is 1. The van der Waals surface area contributed by atoms with Gasteiger partial charge in [-0.15, -0.1) is 0 Å². The minimum Gasteiger partial charge on any atom is -0.479 e. The van der Waals surface area contributed by atoms with E-state index in [0.717, 1.165) is 0 Å². The van der Waals surface area contributed by atoms with Crippen molar-refractivity contribution in [1.29, 1.82) is 0 Å². The number of aliphatic carboxylic acids is 1. The number of hydrogen-bond donors (Lipinski definition) is 3. The maximum Gasteiger partial charge on any atom is 0.333 e. The highest BCUT2D eigenvalue weighted by Gasteiger charge is 2.36. The molecule has 3 N–H and O–H groups in total. The maximum absolute atomic E-state index is 11.8. The van der Waals surface area contributed by atoms with Crippen molar-refractivity contribution in [2.75, 3.05) is 18.6 Å². The average Bonchev–Trinajstić information content (AvgIpc) is 2.44. The highest BCUT2D eigenvalue weighted by Crippen LogP contribution is 2.20. The summed E-state index contributed by atoms with van der Waals surface area (Å²) in [5.41, 5.74) is -1.01. The number of urea groups is 1. The lowest BCUT2D eigenvalue weighted by molar-refractivity contribution is -0.144. The summed E-state index contributed by atoms with van der Waals surface area (Å²) < 4.78 is 10.9. The SMILES string of the molecule is CS(=O)CCCNC(=O)NC(C)(C(=O)O)c1ccccc1. The minimum absolute atomic E-state index is 0.343. The lowest BCUT2D eigenvalue weighted by Crippen LogP contribution is -2.53. The molecular weight excluding hydrogens is 292 g/mol. The van der Waals surface area contributed by atoms with E-state index in [2.05, 4.69) is 10.6 Å². The first-order valence-corrected chi connectivity index (χ1v) is 8.24. The third-order valence-electron chi connectivity index (χ3n) is 3.04. The lowest BCUT2D eigenvalue weighted by Gasteiger charge is -2.26. The first-order chi connectivity index (χ1) is 9.86. The van der Waals surface area contributed by atoms with Crippen molar-refractivity contribution < 1.29 is 18.9 Å². The second-order valence-corrected chi connectivity index (χ2v) is 6.36. The van der Waals surface area contributed by atoms with Gasteiger partial charge in [0.25, 0.3) is 0 Å². The van der Waals surface area contributed by atoms with Gasteiger partial charge in [0.05, 0.1) is 0 Å². The van der Waals surface area contributed by atoms with Gasteiger partial charge in [-0.3, -0.25) is 4.21 Å². The third-order valence-corrected chi connectivity index (χ3v) is 3.90. The summed E-state index contributed by atoms with van der Waals surface area (Å²) in [4.78, 5) is 23.3. The van der Waals surface area contributed by atoms with Crippen LogP contribution in [0.5, 0.6) is 0 Å². The van der Waals surface area contributed by atoms with E-state index < -0.39 is 28.3 Å². The number of nitrogens with one attached hydrogen (secondary N) is 2. The standard InChI is InChI=1S/C14H20N2O4S/c1-14(12(17)18,11-7-4-3-5-8-11)16-13(19)15-9-6-10-21(2)20/h3-5,7-8H,6,9-10H2,1-2H3,(H,17,18)(H2,15,16,19). The Hall–Kier alpha value is -1.89. The third kappa shape index (κ3) is 5.18. The van der Waals surface area contributed by atoms with E-state index in [1.807, 2.05) is 0 Å². The molecule has 1 aromatic rings. The number of amides is 2. The van der Waals surface area contributed by atoms with Crippen molar-refractivity contribution in [3.8, 4) is 0 Å². The summed E-state index contributed by atoms with van der Waals surface area (Å²) >= 11 is 0. The van der Waals surface area contributed by atoms with Crippen LogP contribution in [0.4, 0.5) is 4.79 Å². The Balaban J connectivity index is 2.65. The predicted molar refractivity (Wildman–Crippen MR) is 81.5 cm³/mol. The zero-order valence-corrected chi connectivity index (χ0v) is 12.9. The first-order valence-electron chi connectivity index (χ1n) is 6.51. The normalized spacial score (nSPS) is 14.8. The van der Waals surface area contributed by atoms with Crippen LogP contribution >= 0.6 is 0 Å². The monoisotopic (exact) mass is 312 g/mol. The molecule has 6 nitrogen and oxygen atoms in total.